The van der Waals surface area contributed by atoms with Gasteiger partial charge in [-0.2, -0.15) is 0 Å². The maximum atomic E-state index is 10.1. The first-order valence-electron chi connectivity index (χ1n) is 2.87. The summed E-state index contributed by atoms with van der Waals surface area (Å²) in [4.78, 5) is 10.1. The highest BCUT2D eigenvalue weighted by molar-refractivity contribution is 5.73. The molecule has 4 heteroatoms. The molecule has 0 fully saturated rings. The highest BCUT2D eigenvalue weighted by Gasteiger charge is 2.19. The molecule has 0 aromatic rings. The van der Waals surface area contributed by atoms with Crippen LogP contribution in [0.5, 0.6) is 0 Å². The Hall–Kier alpha value is -0.870. The number of rotatable bonds is 4. The van der Waals surface area contributed by atoms with Crippen LogP contribution in [0.15, 0.2) is 12.7 Å². The van der Waals surface area contributed by atoms with Gasteiger partial charge in [-0.1, -0.05) is 6.08 Å². The molecule has 0 aliphatic carbocycles. The standard InChI is InChI=1S/C6H11NO3/c1-2-3-4(8)5(7)6(9)10/h2,4-5,8H,1,3,7H2,(H,9,10)/t4-,5-/m0/s1. The monoisotopic (exact) mass is 145 g/mol. The fourth-order valence-electron chi connectivity index (χ4n) is 0.482. The number of hydrogen-bond donors (Lipinski definition) is 3. The Morgan fingerprint density at radius 1 is 1.80 bits per heavy atom. The van der Waals surface area contributed by atoms with E-state index in [1.807, 2.05) is 0 Å². The lowest BCUT2D eigenvalue weighted by Crippen LogP contribution is -2.41. The van der Waals surface area contributed by atoms with Gasteiger partial charge >= 0.3 is 5.97 Å². The van der Waals surface area contributed by atoms with Crippen molar-refractivity contribution in [1.29, 1.82) is 0 Å². The first-order valence-corrected chi connectivity index (χ1v) is 2.87. The molecule has 10 heavy (non-hydrogen) atoms. The molecule has 0 bridgehead atoms. The maximum absolute atomic E-state index is 10.1. The molecule has 0 spiro atoms. The quantitative estimate of drug-likeness (QED) is 0.458. The van der Waals surface area contributed by atoms with Gasteiger partial charge in [-0.3, -0.25) is 4.79 Å². The Morgan fingerprint density at radius 2 is 2.30 bits per heavy atom. The summed E-state index contributed by atoms with van der Waals surface area (Å²) in [5.41, 5.74) is 5.05. The Labute approximate surface area is 59.0 Å². The lowest BCUT2D eigenvalue weighted by atomic mass is 10.1. The number of carboxylic acid groups (broad SMARTS) is 1. The summed E-state index contributed by atoms with van der Waals surface area (Å²) in [5.74, 6) is -1.20. The third kappa shape index (κ3) is 2.61. The lowest BCUT2D eigenvalue weighted by molar-refractivity contribution is -0.141. The molecule has 0 aromatic heterocycles. The van der Waals surface area contributed by atoms with E-state index >= 15 is 0 Å². The largest absolute Gasteiger partial charge is 0.480 e. The van der Waals surface area contributed by atoms with Crippen molar-refractivity contribution >= 4 is 5.97 Å². The second-order valence-corrected chi connectivity index (χ2v) is 1.96. The molecule has 0 saturated heterocycles. The van der Waals surface area contributed by atoms with Gasteiger partial charge in [0.05, 0.1) is 6.10 Å². The van der Waals surface area contributed by atoms with Crippen molar-refractivity contribution in [3.8, 4) is 0 Å². The second kappa shape index (κ2) is 4.03. The van der Waals surface area contributed by atoms with E-state index in [9.17, 15) is 4.79 Å². The van der Waals surface area contributed by atoms with Gasteiger partial charge in [-0.25, -0.2) is 0 Å². The van der Waals surface area contributed by atoms with Crippen LogP contribution in [-0.4, -0.2) is 28.3 Å². The van der Waals surface area contributed by atoms with Gasteiger partial charge in [0, 0.05) is 0 Å². The first-order chi connectivity index (χ1) is 4.59. The Balaban J connectivity index is 3.80. The average Bonchev–Trinajstić information content (AvgIpc) is 1.87. The summed E-state index contributed by atoms with van der Waals surface area (Å²) in [6.07, 6.45) is 0.594. The molecule has 0 aliphatic heterocycles. The van der Waals surface area contributed by atoms with Gasteiger partial charge in [-0.05, 0) is 6.42 Å². The molecule has 0 amide bonds. The summed E-state index contributed by atoms with van der Waals surface area (Å²) in [5, 5.41) is 17.2. The zero-order chi connectivity index (χ0) is 8.15. The zero-order valence-corrected chi connectivity index (χ0v) is 5.53. The van der Waals surface area contributed by atoms with Gasteiger partial charge in [0.15, 0.2) is 0 Å². The summed E-state index contributed by atoms with van der Waals surface area (Å²) >= 11 is 0. The molecule has 0 rings (SSSR count). The van der Waals surface area contributed by atoms with Crippen LogP contribution in [0.4, 0.5) is 0 Å². The molecule has 0 aliphatic rings. The van der Waals surface area contributed by atoms with Gasteiger partial charge in [-0.15, -0.1) is 6.58 Å². The van der Waals surface area contributed by atoms with E-state index in [4.69, 9.17) is 15.9 Å². The molecule has 4 N–H and O–H groups in total. The van der Waals surface area contributed by atoms with Crippen LogP contribution >= 0.6 is 0 Å². The number of hydrogen-bond acceptors (Lipinski definition) is 3. The van der Waals surface area contributed by atoms with E-state index in [2.05, 4.69) is 6.58 Å². The van der Waals surface area contributed by atoms with Crippen molar-refractivity contribution in [2.24, 2.45) is 5.73 Å². The minimum absolute atomic E-state index is 0.202. The van der Waals surface area contributed by atoms with Crippen molar-refractivity contribution in [2.45, 2.75) is 18.6 Å². The maximum Gasteiger partial charge on any atom is 0.323 e. The Bertz CT molecular complexity index is 135. The average molecular weight is 145 g/mol. The molecule has 4 nitrogen and oxygen atoms in total. The zero-order valence-electron chi connectivity index (χ0n) is 5.53. The van der Waals surface area contributed by atoms with Crippen molar-refractivity contribution in [3.05, 3.63) is 12.7 Å². The molecule has 0 saturated carbocycles. The fraction of sp³-hybridized carbons (Fsp3) is 0.500. The van der Waals surface area contributed by atoms with Crippen molar-refractivity contribution in [1.82, 2.24) is 0 Å². The van der Waals surface area contributed by atoms with Crippen molar-refractivity contribution in [2.75, 3.05) is 0 Å². The number of carboxylic acids is 1. The number of aliphatic carboxylic acids is 1. The van der Waals surface area contributed by atoms with E-state index in [0.717, 1.165) is 0 Å². The predicted molar refractivity (Wildman–Crippen MR) is 36.4 cm³/mol. The van der Waals surface area contributed by atoms with E-state index in [1.165, 1.54) is 6.08 Å². The van der Waals surface area contributed by atoms with Crippen LogP contribution in [0.1, 0.15) is 6.42 Å². The number of aliphatic hydroxyl groups excluding tert-OH is 1. The summed E-state index contributed by atoms with van der Waals surface area (Å²) < 4.78 is 0. The number of aliphatic hydroxyl groups is 1. The van der Waals surface area contributed by atoms with E-state index in [0.29, 0.717) is 0 Å². The minimum Gasteiger partial charge on any atom is -0.480 e. The van der Waals surface area contributed by atoms with Crippen molar-refractivity contribution < 1.29 is 15.0 Å². The van der Waals surface area contributed by atoms with Gasteiger partial charge in [0.1, 0.15) is 6.04 Å². The van der Waals surface area contributed by atoms with Crippen LogP contribution in [0.2, 0.25) is 0 Å². The normalized spacial score (nSPS) is 15.8. The highest BCUT2D eigenvalue weighted by Crippen LogP contribution is 1.96. The first kappa shape index (κ1) is 9.13. The molecule has 0 unspecified atom stereocenters. The van der Waals surface area contributed by atoms with Gasteiger partial charge in [0.2, 0.25) is 0 Å². The van der Waals surface area contributed by atoms with Gasteiger partial charge in [0.25, 0.3) is 0 Å². The van der Waals surface area contributed by atoms with Crippen LogP contribution in [0.25, 0.3) is 0 Å². The molecule has 2 atom stereocenters. The van der Waals surface area contributed by atoms with E-state index < -0.39 is 18.1 Å². The van der Waals surface area contributed by atoms with E-state index in [1.54, 1.807) is 0 Å². The van der Waals surface area contributed by atoms with Crippen LogP contribution < -0.4 is 5.73 Å². The predicted octanol–water partition coefficient (Wildman–Crippen LogP) is -0.665. The third-order valence-corrected chi connectivity index (χ3v) is 1.11. The Morgan fingerprint density at radius 3 is 2.60 bits per heavy atom. The molecular weight excluding hydrogens is 134 g/mol. The Kier molecular flexibility index (Phi) is 3.68. The number of carbonyl (C=O) groups is 1. The molecule has 0 radical (unpaired) electrons. The summed E-state index contributed by atoms with van der Waals surface area (Å²) in [6.45, 7) is 3.33. The van der Waals surface area contributed by atoms with Crippen LogP contribution in [-0.2, 0) is 4.79 Å². The van der Waals surface area contributed by atoms with Crippen molar-refractivity contribution in [3.63, 3.8) is 0 Å². The molecule has 0 heterocycles. The van der Waals surface area contributed by atoms with Gasteiger partial charge < -0.3 is 15.9 Å². The third-order valence-electron chi connectivity index (χ3n) is 1.11. The highest BCUT2D eigenvalue weighted by atomic mass is 16.4. The minimum atomic E-state index is -1.21. The second-order valence-electron chi connectivity index (χ2n) is 1.96. The summed E-state index contributed by atoms with van der Waals surface area (Å²) in [6, 6.07) is -1.21. The van der Waals surface area contributed by atoms with Crippen LogP contribution in [0, 0.1) is 0 Å². The van der Waals surface area contributed by atoms with E-state index in [-0.39, 0.29) is 6.42 Å². The molecule has 58 valence electrons. The number of nitrogens with two attached hydrogens (primary N) is 1. The SMILES string of the molecule is C=CC[C@H](O)[C@H](N)C(=O)O. The topological polar surface area (TPSA) is 83.5 Å². The molecule has 0 aromatic carbocycles. The fourth-order valence-corrected chi connectivity index (χ4v) is 0.482. The molecular formula is C6H11NO3. The summed E-state index contributed by atoms with van der Waals surface area (Å²) in [7, 11) is 0. The lowest BCUT2D eigenvalue weighted by Gasteiger charge is -2.11. The van der Waals surface area contributed by atoms with Crippen LogP contribution in [0.3, 0.4) is 0 Å². The smallest absolute Gasteiger partial charge is 0.323 e.